The maximum atomic E-state index is 12.6. The van der Waals surface area contributed by atoms with Crippen molar-refractivity contribution in [1.82, 2.24) is 30.2 Å². The fraction of sp³-hybridized carbons (Fsp3) is 0.259. The van der Waals surface area contributed by atoms with Gasteiger partial charge in [-0.1, -0.05) is 23.7 Å². The fourth-order valence-electron chi connectivity index (χ4n) is 4.18. The number of rotatable bonds is 7. The molecule has 1 aliphatic heterocycles. The van der Waals surface area contributed by atoms with Crippen LogP contribution >= 0.6 is 11.6 Å². The Morgan fingerprint density at radius 3 is 2.57 bits per heavy atom. The van der Waals surface area contributed by atoms with Crippen molar-refractivity contribution in [2.24, 2.45) is 5.92 Å². The van der Waals surface area contributed by atoms with Crippen LogP contribution in [-0.4, -0.2) is 43.9 Å². The van der Waals surface area contributed by atoms with E-state index in [2.05, 4.69) is 40.9 Å². The predicted molar refractivity (Wildman–Crippen MR) is 144 cm³/mol. The number of nitrogens with one attached hydrogen (secondary N) is 3. The number of hydrogen-bond acceptors (Lipinski definition) is 8. The van der Waals surface area contributed by atoms with Crippen LogP contribution in [0.4, 0.5) is 17.3 Å². The van der Waals surface area contributed by atoms with Crippen LogP contribution in [0.15, 0.2) is 60.9 Å². The number of aryl methyl sites for hydroxylation is 1. The van der Waals surface area contributed by atoms with Crippen LogP contribution < -0.4 is 16.0 Å². The third-order valence-corrected chi connectivity index (χ3v) is 6.41. The van der Waals surface area contributed by atoms with Crippen LogP contribution in [0.25, 0.3) is 11.5 Å². The second-order valence-electron chi connectivity index (χ2n) is 8.92. The minimum Gasteiger partial charge on any atom is -0.325 e. The number of carbonyl (C=O) groups is 1. The zero-order valence-electron chi connectivity index (χ0n) is 20.4. The Hall–Kier alpha value is -3.95. The van der Waals surface area contributed by atoms with Crippen LogP contribution in [0.2, 0.25) is 5.02 Å². The number of amides is 1. The monoisotopic (exact) mass is 514 g/mol. The molecule has 0 atom stereocenters. The van der Waals surface area contributed by atoms with Crippen molar-refractivity contribution in [3.8, 4) is 11.5 Å². The van der Waals surface area contributed by atoms with Crippen LogP contribution in [-0.2, 0) is 11.2 Å². The lowest BCUT2D eigenvalue weighted by molar-refractivity contribution is -0.120. The Morgan fingerprint density at radius 1 is 1.00 bits per heavy atom. The van der Waals surface area contributed by atoms with Crippen molar-refractivity contribution in [3.63, 3.8) is 0 Å². The van der Waals surface area contributed by atoms with Gasteiger partial charge in [0.05, 0.1) is 10.7 Å². The van der Waals surface area contributed by atoms with E-state index < -0.39 is 0 Å². The molecule has 10 heteroatoms. The first-order valence-corrected chi connectivity index (χ1v) is 12.6. The van der Waals surface area contributed by atoms with E-state index >= 15 is 0 Å². The summed E-state index contributed by atoms with van der Waals surface area (Å²) < 4.78 is 0. The molecule has 1 saturated heterocycles. The van der Waals surface area contributed by atoms with E-state index in [-0.39, 0.29) is 11.8 Å². The molecule has 9 nitrogen and oxygen atoms in total. The number of carbonyl (C=O) groups excluding carboxylic acids is 1. The minimum atomic E-state index is 0.0136. The molecule has 1 aromatic carbocycles. The van der Waals surface area contributed by atoms with Gasteiger partial charge in [0.25, 0.3) is 0 Å². The van der Waals surface area contributed by atoms with Crippen molar-refractivity contribution in [3.05, 3.63) is 83.0 Å². The second-order valence-corrected chi connectivity index (χ2v) is 9.32. The number of nitrogens with zero attached hydrogens (tertiary/aromatic N) is 5. The number of anilines is 3. The highest BCUT2D eigenvalue weighted by atomic mass is 35.5. The summed E-state index contributed by atoms with van der Waals surface area (Å²) in [5.74, 6) is 2.41. The zero-order chi connectivity index (χ0) is 25.6. The van der Waals surface area contributed by atoms with E-state index in [0.717, 1.165) is 37.2 Å². The summed E-state index contributed by atoms with van der Waals surface area (Å²) >= 11 is 6.49. The van der Waals surface area contributed by atoms with Gasteiger partial charge in [0.15, 0.2) is 5.82 Å². The lowest BCUT2D eigenvalue weighted by atomic mass is 9.97. The highest BCUT2D eigenvalue weighted by Gasteiger charge is 2.21. The van der Waals surface area contributed by atoms with Gasteiger partial charge in [-0.25, -0.2) is 24.9 Å². The van der Waals surface area contributed by atoms with Gasteiger partial charge in [-0.2, -0.15) is 0 Å². The fourth-order valence-corrected chi connectivity index (χ4v) is 4.43. The zero-order valence-corrected chi connectivity index (χ0v) is 21.2. The maximum Gasteiger partial charge on any atom is 0.227 e. The molecule has 1 aliphatic rings. The summed E-state index contributed by atoms with van der Waals surface area (Å²) in [7, 11) is 0. The van der Waals surface area contributed by atoms with Crippen LogP contribution in [0, 0.1) is 12.8 Å². The average molecular weight is 515 g/mol. The summed E-state index contributed by atoms with van der Waals surface area (Å²) in [6.45, 7) is 3.65. The first-order valence-electron chi connectivity index (χ1n) is 12.2. The summed E-state index contributed by atoms with van der Waals surface area (Å²) in [4.78, 5) is 35.0. The van der Waals surface area contributed by atoms with E-state index in [1.807, 2.05) is 43.3 Å². The van der Waals surface area contributed by atoms with Crippen molar-refractivity contribution < 1.29 is 4.79 Å². The molecular weight excluding hydrogens is 488 g/mol. The topological polar surface area (TPSA) is 118 Å². The molecule has 0 aliphatic carbocycles. The van der Waals surface area contributed by atoms with Gasteiger partial charge in [0.2, 0.25) is 5.91 Å². The van der Waals surface area contributed by atoms with Crippen LogP contribution in [0.5, 0.6) is 0 Å². The largest absolute Gasteiger partial charge is 0.325 e. The maximum absolute atomic E-state index is 12.6. The molecule has 3 aromatic heterocycles. The molecule has 4 aromatic rings. The van der Waals surface area contributed by atoms with Gasteiger partial charge in [-0.3, -0.25) is 4.79 Å². The smallest absolute Gasteiger partial charge is 0.227 e. The number of pyridine rings is 1. The molecule has 0 radical (unpaired) electrons. The van der Waals surface area contributed by atoms with Gasteiger partial charge in [-0.05, 0) is 74.8 Å². The average Bonchev–Trinajstić information content (AvgIpc) is 2.91. The number of aromatic nitrogens is 5. The normalized spacial score (nSPS) is 13.8. The molecule has 37 heavy (non-hydrogen) atoms. The number of halogens is 1. The lowest BCUT2D eigenvalue weighted by Crippen LogP contribution is -2.34. The van der Waals surface area contributed by atoms with Gasteiger partial charge in [0, 0.05) is 30.4 Å². The molecule has 0 bridgehead atoms. The molecule has 1 fully saturated rings. The van der Waals surface area contributed by atoms with Gasteiger partial charge in [0.1, 0.15) is 23.2 Å². The van der Waals surface area contributed by atoms with Crippen molar-refractivity contribution in [1.29, 1.82) is 0 Å². The summed E-state index contributed by atoms with van der Waals surface area (Å²) in [6, 6.07) is 14.9. The van der Waals surface area contributed by atoms with Crippen LogP contribution in [0.3, 0.4) is 0 Å². The number of piperidine rings is 1. The Morgan fingerprint density at radius 2 is 1.78 bits per heavy atom. The van der Waals surface area contributed by atoms with Crippen molar-refractivity contribution in [2.45, 2.75) is 26.2 Å². The summed E-state index contributed by atoms with van der Waals surface area (Å²) in [5, 5.41) is 9.96. The quantitative estimate of drug-likeness (QED) is 0.328. The summed E-state index contributed by atoms with van der Waals surface area (Å²) in [5.41, 5.74) is 3.17. The highest BCUT2D eigenvalue weighted by molar-refractivity contribution is 6.33. The Bertz CT molecular complexity index is 1410. The second kappa shape index (κ2) is 11.4. The third kappa shape index (κ3) is 6.44. The Kier molecular flexibility index (Phi) is 7.62. The van der Waals surface area contributed by atoms with Crippen molar-refractivity contribution in [2.75, 3.05) is 23.7 Å². The lowest BCUT2D eigenvalue weighted by Gasteiger charge is -2.22. The molecule has 1 amide bonds. The number of hydrogen-bond donors (Lipinski definition) is 3. The molecule has 3 N–H and O–H groups in total. The van der Waals surface area contributed by atoms with Crippen LogP contribution in [0.1, 0.15) is 29.9 Å². The molecular formula is C27H27ClN8O. The van der Waals surface area contributed by atoms with Gasteiger partial charge >= 0.3 is 0 Å². The predicted octanol–water partition coefficient (Wildman–Crippen LogP) is 4.56. The number of benzene rings is 1. The third-order valence-electron chi connectivity index (χ3n) is 6.10. The first-order chi connectivity index (χ1) is 18.0. The highest BCUT2D eigenvalue weighted by Crippen LogP contribution is 2.26. The molecule has 0 unspecified atom stereocenters. The standard InChI is InChI=1S/C27H27ClN8O/c1-17-3-2-4-22(32-17)26-31-14-10-24(36-26)34-23-9-13-30-25(35-23)16-18-5-6-21(20(28)15-18)33-27(37)19-7-11-29-12-8-19/h2-6,9-10,13-15,19,29H,7-8,11-12,16H2,1H3,(H,33,37)(H,30,31,34,35,36). The molecule has 4 heterocycles. The van der Waals surface area contributed by atoms with E-state index in [1.165, 1.54) is 0 Å². The first kappa shape index (κ1) is 24.7. The van der Waals surface area contributed by atoms with Crippen molar-refractivity contribution >= 4 is 34.8 Å². The molecule has 0 spiro atoms. The summed E-state index contributed by atoms with van der Waals surface area (Å²) in [6.07, 6.45) is 5.54. The van der Waals surface area contributed by atoms with E-state index in [1.54, 1.807) is 24.5 Å². The molecule has 0 saturated carbocycles. The van der Waals surface area contributed by atoms with Gasteiger partial charge in [-0.15, -0.1) is 0 Å². The Labute approximate surface area is 220 Å². The SMILES string of the molecule is Cc1cccc(-c2nccc(Nc3ccnc(Cc4ccc(NC(=O)C5CCNCC5)c(Cl)c4)n3)n2)n1. The molecule has 5 rings (SSSR count). The van der Waals surface area contributed by atoms with E-state index in [4.69, 9.17) is 11.6 Å². The Balaban J connectivity index is 1.25. The molecule has 188 valence electrons. The van der Waals surface area contributed by atoms with E-state index in [0.29, 0.717) is 46.1 Å². The van der Waals surface area contributed by atoms with E-state index in [9.17, 15) is 4.79 Å². The minimum absolute atomic E-state index is 0.0136. The van der Waals surface area contributed by atoms with Gasteiger partial charge < -0.3 is 16.0 Å².